The fourth-order valence-electron chi connectivity index (χ4n) is 2.46. The highest BCUT2D eigenvalue weighted by Gasteiger charge is 2.14. The number of aromatic hydroxyl groups is 1. The Labute approximate surface area is 147 Å². The van der Waals surface area contributed by atoms with Crippen LogP contribution in [0.3, 0.4) is 0 Å². The number of benzene rings is 2. The molecule has 1 N–H and O–H groups in total. The average Bonchev–Trinajstić information content (AvgIpc) is 2.65. The largest absolute Gasteiger partial charge is 0.502 e. The third kappa shape index (κ3) is 3.74. The van der Waals surface area contributed by atoms with Crippen molar-refractivity contribution in [2.24, 2.45) is 0 Å². The van der Waals surface area contributed by atoms with Gasteiger partial charge in [-0.1, -0.05) is 12.2 Å². The molecule has 0 fully saturated rings. The number of hydrogen-bond donors (Lipinski definition) is 1. The lowest BCUT2D eigenvalue weighted by Crippen LogP contribution is -1.95. The summed E-state index contributed by atoms with van der Waals surface area (Å²) in [7, 11) is 7.66. The van der Waals surface area contributed by atoms with Gasteiger partial charge in [-0.3, -0.25) is 0 Å². The number of phenols is 1. The molecule has 0 aliphatic heterocycles. The van der Waals surface area contributed by atoms with Crippen LogP contribution in [-0.2, 0) is 0 Å². The van der Waals surface area contributed by atoms with Crippen LogP contribution in [0.25, 0.3) is 12.2 Å². The van der Waals surface area contributed by atoms with Gasteiger partial charge in [0.2, 0.25) is 11.5 Å². The Balaban J connectivity index is 2.44. The molecule has 0 heterocycles. The van der Waals surface area contributed by atoms with Gasteiger partial charge in [0, 0.05) is 5.56 Å². The predicted molar refractivity (Wildman–Crippen MR) is 96.2 cm³/mol. The summed E-state index contributed by atoms with van der Waals surface area (Å²) in [4.78, 5) is 0. The maximum atomic E-state index is 10.2. The first-order valence-corrected chi connectivity index (χ1v) is 7.51. The molecule has 0 spiro atoms. The summed E-state index contributed by atoms with van der Waals surface area (Å²) in [5, 5.41) is 10.2. The van der Waals surface area contributed by atoms with E-state index in [9.17, 15) is 5.11 Å². The molecule has 134 valence electrons. The van der Waals surface area contributed by atoms with Crippen molar-refractivity contribution in [1.82, 2.24) is 0 Å². The van der Waals surface area contributed by atoms with E-state index in [1.807, 2.05) is 24.3 Å². The lowest BCUT2D eigenvalue weighted by molar-refractivity contribution is 0.324. The highest BCUT2D eigenvalue weighted by molar-refractivity contribution is 5.77. The van der Waals surface area contributed by atoms with E-state index >= 15 is 0 Å². The zero-order chi connectivity index (χ0) is 18.4. The SMILES string of the molecule is COc1ccc(C=Cc2cc(OC)c(OC)c(OC)c2)c(OC)c1O. The molecule has 6 heteroatoms. The van der Waals surface area contributed by atoms with Gasteiger partial charge >= 0.3 is 0 Å². The second-order valence-electron chi connectivity index (χ2n) is 5.03. The first-order valence-electron chi connectivity index (χ1n) is 7.51. The molecule has 2 aromatic rings. The maximum Gasteiger partial charge on any atom is 0.203 e. The quantitative estimate of drug-likeness (QED) is 0.773. The minimum atomic E-state index is -0.0444. The van der Waals surface area contributed by atoms with E-state index < -0.39 is 0 Å². The molecule has 2 aromatic carbocycles. The van der Waals surface area contributed by atoms with Crippen molar-refractivity contribution in [2.75, 3.05) is 35.5 Å². The van der Waals surface area contributed by atoms with Gasteiger partial charge in [0.1, 0.15) is 0 Å². The second kappa shape index (κ2) is 8.19. The fraction of sp³-hybridized carbons (Fsp3) is 0.263. The maximum absolute atomic E-state index is 10.2. The summed E-state index contributed by atoms with van der Waals surface area (Å²) in [5.74, 6) is 2.29. The molecule has 2 rings (SSSR count). The summed E-state index contributed by atoms with van der Waals surface area (Å²) in [6.07, 6.45) is 3.67. The van der Waals surface area contributed by atoms with Crippen molar-refractivity contribution in [3.63, 3.8) is 0 Å². The van der Waals surface area contributed by atoms with Gasteiger partial charge in [-0.15, -0.1) is 0 Å². The van der Waals surface area contributed by atoms with Crippen LogP contribution in [0.15, 0.2) is 24.3 Å². The molecule has 25 heavy (non-hydrogen) atoms. The molecule has 6 nitrogen and oxygen atoms in total. The normalized spacial score (nSPS) is 10.6. The first kappa shape index (κ1) is 18.3. The average molecular weight is 346 g/mol. The molecule has 0 aliphatic rings. The van der Waals surface area contributed by atoms with Crippen LogP contribution >= 0.6 is 0 Å². The van der Waals surface area contributed by atoms with E-state index in [2.05, 4.69) is 0 Å². The third-order valence-electron chi connectivity index (χ3n) is 3.69. The van der Waals surface area contributed by atoms with Gasteiger partial charge < -0.3 is 28.8 Å². The minimum Gasteiger partial charge on any atom is -0.502 e. The third-order valence-corrected chi connectivity index (χ3v) is 3.69. The van der Waals surface area contributed by atoms with Crippen molar-refractivity contribution >= 4 is 12.2 Å². The smallest absolute Gasteiger partial charge is 0.203 e. The Morgan fingerprint density at radius 1 is 0.680 bits per heavy atom. The summed E-state index contributed by atoms with van der Waals surface area (Å²) in [6, 6.07) is 7.13. The number of hydrogen-bond acceptors (Lipinski definition) is 6. The first-order chi connectivity index (χ1) is 12.1. The minimum absolute atomic E-state index is 0.0444. The summed E-state index contributed by atoms with van der Waals surface area (Å²) >= 11 is 0. The van der Waals surface area contributed by atoms with Crippen LogP contribution in [0.4, 0.5) is 0 Å². The monoisotopic (exact) mass is 346 g/mol. The van der Waals surface area contributed by atoms with Gasteiger partial charge in [0.05, 0.1) is 35.5 Å². The van der Waals surface area contributed by atoms with E-state index in [0.29, 0.717) is 34.3 Å². The molecule has 0 aromatic heterocycles. The zero-order valence-electron chi connectivity index (χ0n) is 15.0. The van der Waals surface area contributed by atoms with Crippen LogP contribution < -0.4 is 23.7 Å². The second-order valence-corrected chi connectivity index (χ2v) is 5.03. The molecular formula is C19H22O6. The van der Waals surface area contributed by atoms with Gasteiger partial charge in [0.15, 0.2) is 23.0 Å². The van der Waals surface area contributed by atoms with E-state index in [4.69, 9.17) is 23.7 Å². The topological polar surface area (TPSA) is 66.4 Å². The Hall–Kier alpha value is -3.02. The molecular weight excluding hydrogens is 324 g/mol. The molecule has 0 amide bonds. The lowest BCUT2D eigenvalue weighted by atomic mass is 10.1. The lowest BCUT2D eigenvalue weighted by Gasteiger charge is -2.13. The van der Waals surface area contributed by atoms with Crippen LogP contribution in [0.2, 0.25) is 0 Å². The number of ether oxygens (including phenoxy) is 5. The van der Waals surface area contributed by atoms with E-state index in [1.165, 1.54) is 14.2 Å². The van der Waals surface area contributed by atoms with Crippen molar-refractivity contribution in [2.45, 2.75) is 0 Å². The van der Waals surface area contributed by atoms with E-state index in [-0.39, 0.29) is 5.75 Å². The number of methoxy groups -OCH3 is 5. The molecule has 0 aliphatic carbocycles. The highest BCUT2D eigenvalue weighted by atomic mass is 16.5. The summed E-state index contributed by atoms with van der Waals surface area (Å²) < 4.78 is 26.4. The van der Waals surface area contributed by atoms with Gasteiger partial charge in [-0.2, -0.15) is 0 Å². The van der Waals surface area contributed by atoms with Crippen LogP contribution in [-0.4, -0.2) is 40.7 Å². The van der Waals surface area contributed by atoms with Crippen LogP contribution in [0, 0.1) is 0 Å². The van der Waals surface area contributed by atoms with E-state index in [0.717, 1.165) is 5.56 Å². The Morgan fingerprint density at radius 3 is 1.72 bits per heavy atom. The van der Waals surface area contributed by atoms with Crippen molar-refractivity contribution in [3.05, 3.63) is 35.4 Å². The Bertz CT molecular complexity index is 742. The molecule has 0 radical (unpaired) electrons. The Kier molecular flexibility index (Phi) is 6.00. The standard InChI is InChI=1S/C19H22O6/c1-21-14-9-8-13(18(24-4)17(14)20)7-6-12-10-15(22-2)19(25-5)16(11-12)23-3/h6-11,20H,1-5H3. The van der Waals surface area contributed by atoms with E-state index in [1.54, 1.807) is 33.5 Å². The van der Waals surface area contributed by atoms with Crippen molar-refractivity contribution in [1.29, 1.82) is 0 Å². The molecule has 0 saturated heterocycles. The van der Waals surface area contributed by atoms with Gasteiger partial charge in [0.25, 0.3) is 0 Å². The zero-order valence-corrected chi connectivity index (χ0v) is 15.0. The molecule has 0 unspecified atom stereocenters. The predicted octanol–water partition coefficient (Wildman–Crippen LogP) is 3.61. The van der Waals surface area contributed by atoms with Crippen LogP contribution in [0.5, 0.6) is 34.5 Å². The summed E-state index contributed by atoms with van der Waals surface area (Å²) in [6.45, 7) is 0. The van der Waals surface area contributed by atoms with Gasteiger partial charge in [-0.05, 0) is 29.8 Å². The fourth-order valence-corrected chi connectivity index (χ4v) is 2.46. The van der Waals surface area contributed by atoms with Gasteiger partial charge in [-0.25, -0.2) is 0 Å². The Morgan fingerprint density at radius 2 is 1.24 bits per heavy atom. The highest BCUT2D eigenvalue weighted by Crippen LogP contribution is 2.41. The van der Waals surface area contributed by atoms with Crippen LogP contribution in [0.1, 0.15) is 11.1 Å². The molecule has 0 atom stereocenters. The number of phenolic OH excluding ortho intramolecular Hbond substituents is 1. The van der Waals surface area contributed by atoms with Crippen molar-refractivity contribution in [3.8, 4) is 34.5 Å². The molecule has 0 saturated carbocycles. The van der Waals surface area contributed by atoms with Crippen molar-refractivity contribution < 1.29 is 28.8 Å². The number of rotatable bonds is 7. The molecule has 0 bridgehead atoms. The summed E-state index contributed by atoms with van der Waals surface area (Å²) in [5.41, 5.74) is 1.54.